The molecule has 0 aromatic heterocycles. The van der Waals surface area contributed by atoms with Gasteiger partial charge >= 0.3 is 5.97 Å². The van der Waals surface area contributed by atoms with Crippen LogP contribution < -0.4 is 0 Å². The minimum atomic E-state index is -0.860. The summed E-state index contributed by atoms with van der Waals surface area (Å²) in [4.78, 5) is 12.1. The van der Waals surface area contributed by atoms with Crippen molar-refractivity contribution < 1.29 is 14.6 Å². The first-order chi connectivity index (χ1) is 9.79. The van der Waals surface area contributed by atoms with Gasteiger partial charge in [-0.05, 0) is 30.6 Å². The van der Waals surface area contributed by atoms with E-state index in [1.165, 1.54) is 5.57 Å². The monoisotopic (exact) mass is 294 g/mol. The number of aliphatic carboxylic acids is 1. The molecule has 0 saturated heterocycles. The molecule has 0 spiro atoms. The maximum atomic E-state index is 12.1. The van der Waals surface area contributed by atoms with E-state index in [4.69, 9.17) is 4.74 Å². The van der Waals surface area contributed by atoms with Crippen LogP contribution in [0.4, 0.5) is 0 Å². The second kappa shape index (κ2) is 7.26. The van der Waals surface area contributed by atoms with Crippen LogP contribution in [0.25, 0.3) is 0 Å². The maximum Gasteiger partial charge on any atom is 0.314 e. The Hall–Kier alpha value is -1.09. The minimum absolute atomic E-state index is 0.0215. The number of carboxylic acids is 1. The first kappa shape index (κ1) is 18.0. The van der Waals surface area contributed by atoms with Crippen LogP contribution in [0.5, 0.6) is 0 Å². The van der Waals surface area contributed by atoms with Crippen molar-refractivity contribution >= 4 is 5.97 Å². The molecule has 3 nitrogen and oxygen atoms in total. The zero-order valence-electron chi connectivity index (χ0n) is 14.1. The van der Waals surface area contributed by atoms with Gasteiger partial charge < -0.3 is 9.84 Å². The number of carbonyl (C=O) groups is 1. The Labute approximate surface area is 129 Å². The lowest BCUT2D eigenvalue weighted by molar-refractivity contribution is -0.155. The first-order valence-corrected chi connectivity index (χ1v) is 7.91. The Morgan fingerprint density at radius 1 is 1.43 bits per heavy atom. The van der Waals surface area contributed by atoms with Crippen molar-refractivity contribution in [2.75, 3.05) is 13.7 Å². The molecule has 0 aliphatic heterocycles. The second-order valence-electron chi connectivity index (χ2n) is 6.99. The van der Waals surface area contributed by atoms with Crippen LogP contribution in [0.1, 0.15) is 53.4 Å². The van der Waals surface area contributed by atoms with E-state index in [0.29, 0.717) is 6.61 Å². The molecule has 2 unspecified atom stereocenters. The molecular formula is C18H30O3. The van der Waals surface area contributed by atoms with Crippen LogP contribution in [-0.4, -0.2) is 24.8 Å². The number of hydrogen-bond donors (Lipinski definition) is 1. The predicted molar refractivity (Wildman–Crippen MR) is 86.3 cm³/mol. The van der Waals surface area contributed by atoms with E-state index in [1.807, 2.05) is 32.9 Å². The highest BCUT2D eigenvalue weighted by Gasteiger charge is 2.52. The van der Waals surface area contributed by atoms with E-state index < -0.39 is 11.4 Å². The lowest BCUT2D eigenvalue weighted by atomic mass is 9.57. The van der Waals surface area contributed by atoms with E-state index in [1.54, 1.807) is 7.11 Å². The molecule has 0 bridgehead atoms. The highest BCUT2D eigenvalue weighted by Crippen LogP contribution is 2.51. The average Bonchev–Trinajstić information content (AvgIpc) is 2.41. The van der Waals surface area contributed by atoms with Crippen molar-refractivity contribution in [2.24, 2.45) is 16.7 Å². The Morgan fingerprint density at radius 2 is 2.10 bits per heavy atom. The van der Waals surface area contributed by atoms with Crippen LogP contribution in [-0.2, 0) is 9.53 Å². The van der Waals surface area contributed by atoms with Gasteiger partial charge in [-0.15, -0.1) is 0 Å². The minimum Gasteiger partial charge on any atom is -0.481 e. The van der Waals surface area contributed by atoms with Gasteiger partial charge in [-0.1, -0.05) is 57.9 Å². The smallest absolute Gasteiger partial charge is 0.314 e. The summed E-state index contributed by atoms with van der Waals surface area (Å²) in [6, 6.07) is 0. The summed E-state index contributed by atoms with van der Waals surface area (Å²) in [6.07, 6.45) is 10.2. The number of rotatable bonds is 7. The molecule has 3 heteroatoms. The molecule has 1 rings (SSSR count). The summed E-state index contributed by atoms with van der Waals surface area (Å²) in [5, 5.41) is 9.94. The molecule has 0 fully saturated rings. The van der Waals surface area contributed by atoms with Gasteiger partial charge in [-0.3, -0.25) is 4.79 Å². The summed E-state index contributed by atoms with van der Waals surface area (Å²) in [6.45, 7) is 8.79. The number of carboxylic acid groups (broad SMARTS) is 1. The molecule has 0 radical (unpaired) electrons. The lowest BCUT2D eigenvalue weighted by Gasteiger charge is -2.45. The Kier molecular flexibility index (Phi) is 6.21. The molecule has 1 N–H and O–H groups in total. The largest absolute Gasteiger partial charge is 0.481 e. The number of ether oxygens (including phenoxy) is 1. The van der Waals surface area contributed by atoms with Gasteiger partial charge in [0.25, 0.3) is 0 Å². The normalized spacial score (nSPS) is 25.8. The quantitative estimate of drug-likeness (QED) is 0.755. The SMILES string of the molecule is CCCCC1=CC(CCOC)C(C(=O)O)(C(C)(C)C)C=C1. The standard InChI is InChI=1S/C18H30O3/c1-6-7-8-14-9-11-18(16(19)20,17(2,3)4)15(13-14)10-12-21-5/h9,11,13,15H,6-8,10,12H2,1-5H3,(H,19,20). The van der Waals surface area contributed by atoms with Gasteiger partial charge in [0, 0.05) is 13.7 Å². The molecule has 1 aliphatic rings. The summed E-state index contributed by atoms with van der Waals surface area (Å²) in [5.41, 5.74) is 0.0565. The fourth-order valence-electron chi connectivity index (χ4n) is 3.27. The van der Waals surface area contributed by atoms with Crippen molar-refractivity contribution in [1.82, 2.24) is 0 Å². The molecule has 0 amide bonds. The second-order valence-corrected chi connectivity index (χ2v) is 6.99. The van der Waals surface area contributed by atoms with Gasteiger partial charge in [-0.2, -0.15) is 0 Å². The van der Waals surface area contributed by atoms with Crippen LogP contribution in [0, 0.1) is 16.7 Å². The molecule has 21 heavy (non-hydrogen) atoms. The van der Waals surface area contributed by atoms with Gasteiger partial charge in [0.05, 0.1) is 5.41 Å². The van der Waals surface area contributed by atoms with E-state index in [0.717, 1.165) is 25.7 Å². The lowest BCUT2D eigenvalue weighted by Crippen LogP contribution is -2.48. The van der Waals surface area contributed by atoms with Crippen molar-refractivity contribution in [2.45, 2.75) is 53.4 Å². The molecule has 1 aliphatic carbocycles. The Bertz CT molecular complexity index is 415. The third kappa shape index (κ3) is 3.76. The number of unbranched alkanes of at least 4 members (excludes halogenated alkanes) is 1. The fourth-order valence-corrected chi connectivity index (χ4v) is 3.27. The van der Waals surface area contributed by atoms with E-state index in [2.05, 4.69) is 13.0 Å². The highest BCUT2D eigenvalue weighted by molar-refractivity contribution is 5.80. The third-order valence-electron chi connectivity index (χ3n) is 4.61. The van der Waals surface area contributed by atoms with Crippen LogP contribution >= 0.6 is 0 Å². The average molecular weight is 294 g/mol. The zero-order valence-corrected chi connectivity index (χ0v) is 14.1. The molecule has 0 saturated carbocycles. The molecule has 0 heterocycles. The van der Waals surface area contributed by atoms with Gasteiger partial charge in [0.2, 0.25) is 0 Å². The van der Waals surface area contributed by atoms with Crippen molar-refractivity contribution in [1.29, 1.82) is 0 Å². The Morgan fingerprint density at radius 3 is 2.57 bits per heavy atom. The van der Waals surface area contributed by atoms with Gasteiger partial charge in [0.1, 0.15) is 0 Å². The highest BCUT2D eigenvalue weighted by atomic mass is 16.5. The van der Waals surface area contributed by atoms with Crippen molar-refractivity contribution in [3.63, 3.8) is 0 Å². The van der Waals surface area contributed by atoms with Crippen molar-refractivity contribution in [3.05, 3.63) is 23.8 Å². The summed E-state index contributed by atoms with van der Waals surface area (Å²) < 4.78 is 5.20. The number of methoxy groups -OCH3 is 1. The van der Waals surface area contributed by atoms with Gasteiger partial charge in [0.15, 0.2) is 0 Å². The van der Waals surface area contributed by atoms with Crippen LogP contribution in [0.3, 0.4) is 0 Å². The molecule has 0 aromatic carbocycles. The van der Waals surface area contributed by atoms with E-state index in [9.17, 15) is 9.90 Å². The zero-order chi connectivity index (χ0) is 16.1. The topological polar surface area (TPSA) is 46.5 Å². The Balaban J connectivity index is 3.15. The van der Waals surface area contributed by atoms with E-state index >= 15 is 0 Å². The van der Waals surface area contributed by atoms with Gasteiger partial charge in [-0.25, -0.2) is 0 Å². The maximum absolute atomic E-state index is 12.1. The first-order valence-electron chi connectivity index (χ1n) is 7.91. The molecule has 2 atom stereocenters. The van der Waals surface area contributed by atoms with Crippen molar-refractivity contribution in [3.8, 4) is 0 Å². The summed E-state index contributed by atoms with van der Waals surface area (Å²) >= 11 is 0. The third-order valence-corrected chi connectivity index (χ3v) is 4.61. The van der Waals surface area contributed by atoms with Crippen LogP contribution in [0.2, 0.25) is 0 Å². The predicted octanol–water partition coefficient (Wildman–Crippen LogP) is 4.44. The van der Waals surface area contributed by atoms with Crippen LogP contribution in [0.15, 0.2) is 23.8 Å². The number of allylic oxidation sites excluding steroid dienone is 3. The molecule has 120 valence electrons. The summed E-state index contributed by atoms with van der Waals surface area (Å²) in [7, 11) is 1.67. The molecular weight excluding hydrogens is 264 g/mol. The van der Waals surface area contributed by atoms with E-state index in [-0.39, 0.29) is 11.3 Å². The molecule has 0 aromatic rings. The summed E-state index contributed by atoms with van der Waals surface area (Å²) in [5.74, 6) is -0.759. The fraction of sp³-hybridized carbons (Fsp3) is 0.722. The number of hydrogen-bond acceptors (Lipinski definition) is 2.